The molecule has 2 aromatic heterocycles. The highest BCUT2D eigenvalue weighted by Crippen LogP contribution is 2.14. The number of rotatable bonds is 1. The van der Waals surface area contributed by atoms with Crippen molar-refractivity contribution < 1.29 is 0 Å². The van der Waals surface area contributed by atoms with Gasteiger partial charge in [-0.25, -0.2) is 0 Å². The van der Waals surface area contributed by atoms with Crippen LogP contribution in [0.4, 0.5) is 0 Å². The average molecular weight is 155 g/mol. The van der Waals surface area contributed by atoms with Gasteiger partial charge in [-0.1, -0.05) is 12.1 Å². The van der Waals surface area contributed by atoms with Crippen molar-refractivity contribution in [3.05, 3.63) is 49.1 Å². The van der Waals surface area contributed by atoms with Crippen LogP contribution in [-0.2, 0) is 0 Å². The summed E-state index contributed by atoms with van der Waals surface area (Å²) >= 11 is 0. The van der Waals surface area contributed by atoms with Gasteiger partial charge in [0.05, 0.1) is 6.20 Å². The molecular weight excluding hydrogens is 148 g/mol. The third-order valence-corrected chi connectivity index (χ3v) is 1.61. The van der Waals surface area contributed by atoms with Gasteiger partial charge in [-0.3, -0.25) is 9.97 Å². The largest absolute Gasteiger partial charge is 0.264 e. The van der Waals surface area contributed by atoms with E-state index in [2.05, 4.69) is 16.2 Å². The Morgan fingerprint density at radius 2 is 2.00 bits per heavy atom. The fourth-order valence-corrected chi connectivity index (χ4v) is 1.02. The van der Waals surface area contributed by atoms with Gasteiger partial charge in [0, 0.05) is 29.7 Å². The molecule has 0 aliphatic rings. The second-order valence-corrected chi connectivity index (χ2v) is 2.42. The molecule has 0 aromatic carbocycles. The van der Waals surface area contributed by atoms with Gasteiger partial charge in [0.15, 0.2) is 0 Å². The Bertz CT molecular complexity index is 305. The van der Waals surface area contributed by atoms with Crippen molar-refractivity contribution in [3.63, 3.8) is 0 Å². The van der Waals surface area contributed by atoms with Gasteiger partial charge in [-0.15, -0.1) is 0 Å². The van der Waals surface area contributed by atoms with Gasteiger partial charge >= 0.3 is 0 Å². The Balaban J connectivity index is 2.46. The molecule has 0 bridgehead atoms. The van der Waals surface area contributed by atoms with Crippen LogP contribution < -0.4 is 0 Å². The van der Waals surface area contributed by atoms with E-state index in [0.717, 1.165) is 11.1 Å². The van der Waals surface area contributed by atoms with Crippen molar-refractivity contribution in [3.8, 4) is 11.1 Å². The molecule has 0 unspecified atom stereocenters. The molecule has 0 saturated carbocycles. The molecule has 2 rings (SSSR count). The topological polar surface area (TPSA) is 25.8 Å². The van der Waals surface area contributed by atoms with Gasteiger partial charge in [0.1, 0.15) is 0 Å². The zero-order chi connectivity index (χ0) is 8.23. The maximum atomic E-state index is 4.02. The standard InChI is InChI=1S/C10H7N2/c1-3-9(7-11-5-1)10-4-2-6-12-8-10/h1-5,7-8H. The van der Waals surface area contributed by atoms with E-state index in [4.69, 9.17) is 0 Å². The summed E-state index contributed by atoms with van der Waals surface area (Å²) in [5, 5.41) is 0. The highest BCUT2D eigenvalue weighted by Gasteiger charge is 1.93. The summed E-state index contributed by atoms with van der Waals surface area (Å²) in [6.45, 7) is 0. The molecule has 2 heterocycles. The molecule has 0 atom stereocenters. The van der Waals surface area contributed by atoms with Crippen molar-refractivity contribution in [2.45, 2.75) is 0 Å². The van der Waals surface area contributed by atoms with Crippen LogP contribution in [0.25, 0.3) is 11.1 Å². The van der Waals surface area contributed by atoms with E-state index in [1.165, 1.54) is 0 Å². The molecule has 57 valence electrons. The summed E-state index contributed by atoms with van der Waals surface area (Å²) in [4.78, 5) is 7.93. The molecule has 0 N–H and O–H groups in total. The van der Waals surface area contributed by atoms with E-state index in [1.807, 2.05) is 24.4 Å². The number of pyridine rings is 2. The third kappa shape index (κ3) is 1.32. The quantitative estimate of drug-likeness (QED) is 0.629. The maximum Gasteiger partial charge on any atom is 0.0886 e. The van der Waals surface area contributed by atoms with Crippen molar-refractivity contribution in [1.29, 1.82) is 0 Å². The summed E-state index contributed by atoms with van der Waals surface area (Å²) < 4.78 is 0. The Morgan fingerprint density at radius 1 is 1.08 bits per heavy atom. The minimum absolute atomic E-state index is 1.07. The molecule has 0 amide bonds. The van der Waals surface area contributed by atoms with Crippen LogP contribution in [0.2, 0.25) is 0 Å². The first-order valence-corrected chi connectivity index (χ1v) is 3.69. The van der Waals surface area contributed by atoms with Crippen molar-refractivity contribution in [1.82, 2.24) is 9.97 Å². The lowest BCUT2D eigenvalue weighted by Crippen LogP contribution is -1.79. The van der Waals surface area contributed by atoms with Gasteiger partial charge in [0.2, 0.25) is 0 Å². The fraction of sp³-hybridized carbons (Fsp3) is 0. The van der Waals surface area contributed by atoms with Crippen molar-refractivity contribution in [2.24, 2.45) is 0 Å². The lowest BCUT2D eigenvalue weighted by atomic mass is 10.1. The first-order valence-electron chi connectivity index (χ1n) is 3.69. The average Bonchev–Trinajstić information content (AvgIpc) is 2.21. The predicted octanol–water partition coefficient (Wildman–Crippen LogP) is 1.94. The summed E-state index contributed by atoms with van der Waals surface area (Å²) in [5.74, 6) is 0. The summed E-state index contributed by atoms with van der Waals surface area (Å²) in [6, 6.07) is 7.67. The molecule has 0 aliphatic heterocycles. The minimum Gasteiger partial charge on any atom is -0.264 e. The van der Waals surface area contributed by atoms with Crippen LogP contribution >= 0.6 is 0 Å². The van der Waals surface area contributed by atoms with Crippen molar-refractivity contribution >= 4 is 0 Å². The normalized spacial score (nSPS) is 9.67. The van der Waals surface area contributed by atoms with E-state index in [9.17, 15) is 0 Å². The van der Waals surface area contributed by atoms with Gasteiger partial charge in [-0.2, -0.15) is 0 Å². The van der Waals surface area contributed by atoms with Gasteiger partial charge in [0.25, 0.3) is 0 Å². The summed E-state index contributed by atoms with van der Waals surface area (Å²) in [7, 11) is 0. The monoisotopic (exact) mass is 155 g/mol. The number of hydrogen-bond donors (Lipinski definition) is 0. The maximum absolute atomic E-state index is 4.02. The zero-order valence-electron chi connectivity index (χ0n) is 6.44. The second kappa shape index (κ2) is 3.13. The molecule has 12 heavy (non-hydrogen) atoms. The SMILES string of the molecule is [c]1ccc(-c2cccnc2)cn1. The van der Waals surface area contributed by atoms with Crippen molar-refractivity contribution in [2.75, 3.05) is 0 Å². The van der Waals surface area contributed by atoms with Crippen LogP contribution in [0.1, 0.15) is 0 Å². The van der Waals surface area contributed by atoms with Crippen LogP contribution in [0.5, 0.6) is 0 Å². The molecule has 0 fully saturated rings. The highest BCUT2D eigenvalue weighted by molar-refractivity contribution is 5.60. The lowest BCUT2D eigenvalue weighted by molar-refractivity contribution is 1.29. The predicted molar refractivity (Wildman–Crippen MR) is 46.3 cm³/mol. The smallest absolute Gasteiger partial charge is 0.0886 e. The fourth-order valence-electron chi connectivity index (χ4n) is 1.02. The second-order valence-electron chi connectivity index (χ2n) is 2.42. The molecule has 2 heteroatoms. The Labute approximate surface area is 70.9 Å². The summed E-state index contributed by atoms with van der Waals surface area (Å²) in [6.07, 6.45) is 8.08. The molecule has 0 saturated heterocycles. The molecule has 2 nitrogen and oxygen atoms in total. The Hall–Kier alpha value is -1.70. The molecule has 0 aliphatic carbocycles. The van der Waals surface area contributed by atoms with Gasteiger partial charge < -0.3 is 0 Å². The van der Waals surface area contributed by atoms with Crippen LogP contribution in [0.15, 0.2) is 42.9 Å². The molecular formula is C10H7N2. The first kappa shape index (κ1) is 6.98. The number of aromatic nitrogens is 2. The lowest BCUT2D eigenvalue weighted by Gasteiger charge is -1.96. The van der Waals surface area contributed by atoms with E-state index < -0.39 is 0 Å². The van der Waals surface area contributed by atoms with Crippen LogP contribution in [-0.4, -0.2) is 9.97 Å². The number of hydrogen-bond acceptors (Lipinski definition) is 2. The Morgan fingerprint density at radius 3 is 2.67 bits per heavy atom. The van der Waals surface area contributed by atoms with Gasteiger partial charge in [-0.05, 0) is 12.1 Å². The van der Waals surface area contributed by atoms with E-state index in [1.54, 1.807) is 18.5 Å². The number of nitrogens with zero attached hydrogens (tertiary/aromatic N) is 2. The van der Waals surface area contributed by atoms with E-state index >= 15 is 0 Å². The van der Waals surface area contributed by atoms with Crippen LogP contribution in [0.3, 0.4) is 0 Å². The highest BCUT2D eigenvalue weighted by atomic mass is 14.6. The molecule has 1 radical (unpaired) electrons. The molecule has 2 aromatic rings. The molecule has 0 spiro atoms. The Kier molecular flexibility index (Phi) is 1.82. The zero-order valence-corrected chi connectivity index (χ0v) is 6.44. The minimum atomic E-state index is 1.07. The van der Waals surface area contributed by atoms with E-state index in [0.29, 0.717) is 0 Å². The first-order chi connectivity index (χ1) is 5.97. The summed E-state index contributed by atoms with van der Waals surface area (Å²) in [5.41, 5.74) is 2.15. The van der Waals surface area contributed by atoms with E-state index in [-0.39, 0.29) is 0 Å². The van der Waals surface area contributed by atoms with Crippen LogP contribution in [0, 0.1) is 6.20 Å². The third-order valence-electron chi connectivity index (χ3n) is 1.61.